The molecule has 0 aliphatic rings. The minimum atomic E-state index is -3.55. The molecule has 21 heavy (non-hydrogen) atoms. The van der Waals surface area contributed by atoms with Gasteiger partial charge in [0.1, 0.15) is 5.82 Å². The number of benzene rings is 2. The van der Waals surface area contributed by atoms with Crippen LogP contribution >= 0.6 is 0 Å². The first-order valence-corrected chi connectivity index (χ1v) is 7.59. The van der Waals surface area contributed by atoms with Gasteiger partial charge in [0.2, 0.25) is 10.0 Å². The fraction of sp³-hybridized carbons (Fsp3) is 0.143. The van der Waals surface area contributed by atoms with Gasteiger partial charge in [-0.3, -0.25) is 0 Å². The highest BCUT2D eigenvalue weighted by Crippen LogP contribution is 2.27. The molecule has 0 radical (unpaired) electrons. The predicted molar refractivity (Wildman–Crippen MR) is 81.4 cm³/mol. The topological polar surface area (TPSA) is 75.4 Å². The third kappa shape index (κ3) is 3.32. The molecule has 5 nitrogen and oxygen atoms in total. The van der Waals surface area contributed by atoms with Crippen LogP contribution in [-0.2, 0) is 10.0 Å². The Hall–Kier alpha value is -2.12. The molecule has 0 aliphatic carbocycles. The van der Waals surface area contributed by atoms with E-state index in [1.807, 2.05) is 0 Å². The number of hydrogen-bond acceptors (Lipinski definition) is 4. The van der Waals surface area contributed by atoms with Crippen molar-refractivity contribution >= 4 is 27.1 Å². The van der Waals surface area contributed by atoms with E-state index in [0.717, 1.165) is 4.31 Å². The molecule has 0 amide bonds. The Morgan fingerprint density at radius 3 is 2.48 bits per heavy atom. The summed E-state index contributed by atoms with van der Waals surface area (Å²) < 4.78 is 38.5. The summed E-state index contributed by atoms with van der Waals surface area (Å²) in [6.45, 7) is 0. The van der Waals surface area contributed by atoms with Crippen molar-refractivity contribution in [2.75, 3.05) is 25.1 Å². The lowest BCUT2D eigenvalue weighted by Crippen LogP contribution is -2.22. The van der Waals surface area contributed by atoms with Gasteiger partial charge >= 0.3 is 0 Å². The van der Waals surface area contributed by atoms with Gasteiger partial charge in [-0.2, -0.15) is 0 Å². The van der Waals surface area contributed by atoms with Crippen LogP contribution in [0.15, 0.2) is 47.4 Å². The summed E-state index contributed by atoms with van der Waals surface area (Å²) in [4.78, 5) is 0.112. The van der Waals surface area contributed by atoms with Gasteiger partial charge in [-0.15, -0.1) is 0 Å². The van der Waals surface area contributed by atoms with Crippen molar-refractivity contribution in [2.24, 2.45) is 0 Å². The maximum atomic E-state index is 13.2. The van der Waals surface area contributed by atoms with Crippen LogP contribution in [0.3, 0.4) is 0 Å². The standard InChI is InChI=1S/C14H16FN3O2S/c1-18(2)21(19,20)12-6-7-13(16)14(9-12)17-11-5-3-4-10(15)8-11/h3-9,17H,16H2,1-2H3. The summed E-state index contributed by atoms with van der Waals surface area (Å²) in [5, 5.41) is 2.92. The Morgan fingerprint density at radius 1 is 1.14 bits per heavy atom. The molecule has 112 valence electrons. The van der Waals surface area contributed by atoms with Crippen LogP contribution in [0.2, 0.25) is 0 Å². The molecule has 2 aromatic carbocycles. The highest BCUT2D eigenvalue weighted by molar-refractivity contribution is 7.89. The van der Waals surface area contributed by atoms with Gasteiger partial charge in [-0.1, -0.05) is 6.07 Å². The number of nitrogens with one attached hydrogen (secondary N) is 1. The molecule has 0 heterocycles. The zero-order chi connectivity index (χ0) is 15.6. The number of anilines is 3. The Morgan fingerprint density at radius 2 is 1.86 bits per heavy atom. The van der Waals surface area contributed by atoms with Crippen LogP contribution in [0.5, 0.6) is 0 Å². The largest absolute Gasteiger partial charge is 0.397 e. The number of rotatable bonds is 4. The lowest BCUT2D eigenvalue weighted by atomic mass is 10.2. The second-order valence-electron chi connectivity index (χ2n) is 4.67. The van der Waals surface area contributed by atoms with Gasteiger partial charge < -0.3 is 11.1 Å². The molecule has 7 heteroatoms. The highest BCUT2D eigenvalue weighted by atomic mass is 32.2. The van der Waals surface area contributed by atoms with Crippen molar-refractivity contribution in [1.82, 2.24) is 4.31 Å². The van der Waals surface area contributed by atoms with E-state index in [4.69, 9.17) is 5.73 Å². The van der Waals surface area contributed by atoms with Crippen molar-refractivity contribution < 1.29 is 12.8 Å². The maximum absolute atomic E-state index is 13.2. The van der Waals surface area contributed by atoms with Crippen LogP contribution in [-0.4, -0.2) is 26.8 Å². The van der Waals surface area contributed by atoms with Crippen molar-refractivity contribution in [1.29, 1.82) is 0 Å². The maximum Gasteiger partial charge on any atom is 0.242 e. The van der Waals surface area contributed by atoms with Crippen molar-refractivity contribution in [3.63, 3.8) is 0 Å². The Labute approximate surface area is 123 Å². The molecule has 2 aromatic rings. The SMILES string of the molecule is CN(C)S(=O)(=O)c1ccc(N)c(Nc2cccc(F)c2)c1. The molecule has 0 atom stereocenters. The number of halogens is 1. The average molecular weight is 309 g/mol. The quantitative estimate of drug-likeness (QED) is 0.850. The Kier molecular flexibility index (Phi) is 4.15. The van der Waals surface area contributed by atoms with Crippen LogP contribution < -0.4 is 11.1 Å². The number of nitrogens with zero attached hydrogens (tertiary/aromatic N) is 1. The van der Waals surface area contributed by atoms with Crippen molar-refractivity contribution in [2.45, 2.75) is 4.90 Å². The van der Waals surface area contributed by atoms with Gasteiger partial charge in [0.15, 0.2) is 0 Å². The van der Waals surface area contributed by atoms with Gasteiger partial charge in [0.25, 0.3) is 0 Å². The summed E-state index contributed by atoms with van der Waals surface area (Å²) in [5.74, 6) is -0.393. The van der Waals surface area contributed by atoms with E-state index in [2.05, 4.69) is 5.32 Å². The van der Waals surface area contributed by atoms with Gasteiger partial charge in [-0.05, 0) is 36.4 Å². The molecule has 3 N–H and O–H groups in total. The zero-order valence-corrected chi connectivity index (χ0v) is 12.5. The molecule has 0 saturated carbocycles. The fourth-order valence-electron chi connectivity index (χ4n) is 1.74. The first-order valence-electron chi connectivity index (χ1n) is 6.15. The lowest BCUT2D eigenvalue weighted by Gasteiger charge is -2.14. The monoisotopic (exact) mass is 309 g/mol. The van der Waals surface area contributed by atoms with Crippen LogP contribution in [0, 0.1) is 5.82 Å². The normalized spacial score (nSPS) is 11.6. The molecule has 0 bridgehead atoms. The molecule has 2 rings (SSSR count). The first-order chi connectivity index (χ1) is 9.80. The molecule has 0 saturated heterocycles. The predicted octanol–water partition coefficient (Wildman–Crippen LogP) is 2.40. The summed E-state index contributed by atoms with van der Waals surface area (Å²) in [5.41, 5.74) is 7.10. The number of hydrogen-bond donors (Lipinski definition) is 2. The zero-order valence-electron chi connectivity index (χ0n) is 11.7. The second-order valence-corrected chi connectivity index (χ2v) is 6.82. The van der Waals surface area contributed by atoms with Crippen LogP contribution in [0.4, 0.5) is 21.5 Å². The van der Waals surface area contributed by atoms with Crippen LogP contribution in [0.1, 0.15) is 0 Å². The molecule has 0 aliphatic heterocycles. The first kappa shape index (κ1) is 15.3. The van der Waals surface area contributed by atoms with E-state index >= 15 is 0 Å². The highest BCUT2D eigenvalue weighted by Gasteiger charge is 2.18. The van der Waals surface area contributed by atoms with Gasteiger partial charge in [0, 0.05) is 19.8 Å². The molecule has 0 spiro atoms. The van der Waals surface area contributed by atoms with Gasteiger partial charge in [-0.25, -0.2) is 17.1 Å². The second kappa shape index (κ2) is 5.71. The average Bonchev–Trinajstić information content (AvgIpc) is 2.41. The molecular formula is C14H16FN3O2S. The molecule has 0 fully saturated rings. The molecule has 0 aromatic heterocycles. The van der Waals surface area contributed by atoms with E-state index in [9.17, 15) is 12.8 Å². The summed E-state index contributed by atoms with van der Waals surface area (Å²) >= 11 is 0. The minimum absolute atomic E-state index is 0.112. The number of nitrogen functional groups attached to an aromatic ring is 1. The van der Waals surface area contributed by atoms with E-state index in [-0.39, 0.29) is 4.90 Å². The number of nitrogens with two attached hydrogens (primary N) is 1. The van der Waals surface area contributed by atoms with Crippen molar-refractivity contribution in [3.05, 3.63) is 48.3 Å². The van der Waals surface area contributed by atoms with E-state index in [0.29, 0.717) is 17.1 Å². The lowest BCUT2D eigenvalue weighted by molar-refractivity contribution is 0.521. The Bertz CT molecular complexity index is 761. The summed E-state index contributed by atoms with van der Waals surface area (Å²) in [6.07, 6.45) is 0. The third-order valence-corrected chi connectivity index (χ3v) is 4.72. The van der Waals surface area contributed by atoms with Crippen molar-refractivity contribution in [3.8, 4) is 0 Å². The van der Waals surface area contributed by atoms with Gasteiger partial charge in [0.05, 0.1) is 16.3 Å². The number of sulfonamides is 1. The Balaban J connectivity index is 2.41. The van der Waals surface area contributed by atoms with E-state index < -0.39 is 15.8 Å². The van der Waals surface area contributed by atoms with E-state index in [1.54, 1.807) is 12.1 Å². The minimum Gasteiger partial charge on any atom is -0.397 e. The fourth-order valence-corrected chi connectivity index (χ4v) is 2.67. The molecule has 0 unspecified atom stereocenters. The van der Waals surface area contributed by atoms with Crippen LogP contribution in [0.25, 0.3) is 0 Å². The molecular weight excluding hydrogens is 293 g/mol. The summed E-state index contributed by atoms with van der Waals surface area (Å²) in [6, 6.07) is 10.2. The smallest absolute Gasteiger partial charge is 0.242 e. The third-order valence-electron chi connectivity index (χ3n) is 2.91. The summed E-state index contributed by atoms with van der Waals surface area (Å²) in [7, 11) is -0.653. The van der Waals surface area contributed by atoms with E-state index in [1.165, 1.54) is 44.4 Å².